The van der Waals surface area contributed by atoms with Crippen LogP contribution < -0.4 is 11.1 Å². The van der Waals surface area contributed by atoms with E-state index in [0.29, 0.717) is 0 Å². The van der Waals surface area contributed by atoms with Crippen LogP contribution in [-0.2, 0) is 0 Å². The van der Waals surface area contributed by atoms with Crippen molar-refractivity contribution in [2.24, 2.45) is 11.7 Å². The van der Waals surface area contributed by atoms with Crippen LogP contribution in [0.25, 0.3) is 0 Å². The van der Waals surface area contributed by atoms with Gasteiger partial charge in [0, 0.05) is 0 Å². The first kappa shape index (κ1) is 9.75. The zero-order chi connectivity index (χ0) is 8.65. The fourth-order valence-corrected chi connectivity index (χ4v) is 1.57. The van der Waals surface area contributed by atoms with Crippen LogP contribution in [0.1, 0.15) is 25.7 Å². The molecule has 0 unspecified atom stereocenters. The molecule has 0 saturated heterocycles. The molecule has 0 fully saturated rings. The average Bonchev–Trinajstić information content (AvgIpc) is 2.14. The summed E-state index contributed by atoms with van der Waals surface area (Å²) < 4.78 is 0. The Bertz CT molecular complexity index is 132. The van der Waals surface area contributed by atoms with E-state index in [9.17, 15) is 0 Å². The van der Waals surface area contributed by atoms with Crippen LogP contribution in [0.2, 0.25) is 0 Å². The number of hydrogen-bond donors (Lipinski definition) is 2. The van der Waals surface area contributed by atoms with E-state index in [1.54, 1.807) is 0 Å². The highest BCUT2D eigenvalue weighted by Gasteiger charge is 2.07. The van der Waals surface area contributed by atoms with E-state index < -0.39 is 0 Å². The van der Waals surface area contributed by atoms with Gasteiger partial charge >= 0.3 is 0 Å². The normalized spacial score (nSPS) is 22.9. The molecule has 0 saturated carbocycles. The SMILES string of the molecule is NCCCNC[C@@H]1CC=CCC1. The summed E-state index contributed by atoms with van der Waals surface area (Å²) in [5.41, 5.74) is 5.40. The minimum atomic E-state index is 0.803. The van der Waals surface area contributed by atoms with Crippen molar-refractivity contribution in [1.29, 1.82) is 0 Å². The molecule has 2 nitrogen and oxygen atoms in total. The van der Waals surface area contributed by atoms with E-state index in [4.69, 9.17) is 5.73 Å². The highest BCUT2D eigenvalue weighted by molar-refractivity contribution is 4.90. The molecule has 3 N–H and O–H groups in total. The van der Waals surface area contributed by atoms with Crippen molar-refractivity contribution >= 4 is 0 Å². The first-order chi connectivity index (χ1) is 5.93. The third-order valence-corrected chi connectivity index (χ3v) is 2.37. The maximum Gasteiger partial charge on any atom is -0.00174 e. The lowest BCUT2D eigenvalue weighted by Gasteiger charge is -2.17. The van der Waals surface area contributed by atoms with Crippen LogP contribution in [0.15, 0.2) is 12.2 Å². The topological polar surface area (TPSA) is 38.0 Å². The molecule has 0 aromatic rings. The summed E-state index contributed by atoms with van der Waals surface area (Å²) in [6, 6.07) is 0. The third kappa shape index (κ3) is 3.88. The third-order valence-electron chi connectivity index (χ3n) is 2.37. The minimum absolute atomic E-state index is 0.803. The summed E-state index contributed by atoms with van der Waals surface area (Å²) in [7, 11) is 0. The smallest absolute Gasteiger partial charge is 0.00174 e. The molecule has 1 aliphatic rings. The molecule has 1 aliphatic carbocycles. The van der Waals surface area contributed by atoms with E-state index in [1.165, 1.54) is 25.8 Å². The summed E-state index contributed by atoms with van der Waals surface area (Å²) >= 11 is 0. The van der Waals surface area contributed by atoms with Crippen molar-refractivity contribution in [2.45, 2.75) is 25.7 Å². The molecule has 0 radical (unpaired) electrons. The molecule has 2 heteroatoms. The molecule has 0 aromatic heterocycles. The van der Waals surface area contributed by atoms with Crippen molar-refractivity contribution in [2.75, 3.05) is 19.6 Å². The summed E-state index contributed by atoms with van der Waals surface area (Å²) in [4.78, 5) is 0. The van der Waals surface area contributed by atoms with Crippen molar-refractivity contribution < 1.29 is 0 Å². The Morgan fingerprint density at radius 2 is 2.33 bits per heavy atom. The maximum atomic E-state index is 5.40. The van der Waals surface area contributed by atoms with Gasteiger partial charge in [0.05, 0.1) is 0 Å². The fourth-order valence-electron chi connectivity index (χ4n) is 1.57. The molecule has 0 aliphatic heterocycles. The van der Waals surface area contributed by atoms with Gasteiger partial charge in [-0.25, -0.2) is 0 Å². The molecule has 0 spiro atoms. The van der Waals surface area contributed by atoms with Gasteiger partial charge in [0.1, 0.15) is 0 Å². The lowest BCUT2D eigenvalue weighted by molar-refractivity contribution is 0.440. The van der Waals surface area contributed by atoms with Crippen LogP contribution in [0.5, 0.6) is 0 Å². The second-order valence-corrected chi connectivity index (χ2v) is 3.50. The number of hydrogen-bond acceptors (Lipinski definition) is 2. The van der Waals surface area contributed by atoms with Gasteiger partial charge in [0.25, 0.3) is 0 Å². The molecule has 0 bridgehead atoms. The van der Waals surface area contributed by atoms with Gasteiger partial charge in [0.15, 0.2) is 0 Å². The lowest BCUT2D eigenvalue weighted by atomic mass is 9.94. The molecule has 0 heterocycles. The Kier molecular flexibility index (Phi) is 5.04. The lowest BCUT2D eigenvalue weighted by Crippen LogP contribution is -2.25. The van der Waals surface area contributed by atoms with Gasteiger partial charge in [-0.05, 0) is 51.2 Å². The van der Waals surface area contributed by atoms with Crippen LogP contribution in [-0.4, -0.2) is 19.6 Å². The van der Waals surface area contributed by atoms with Gasteiger partial charge in [-0.15, -0.1) is 0 Å². The molecular weight excluding hydrogens is 148 g/mol. The number of nitrogens with two attached hydrogens (primary N) is 1. The van der Waals surface area contributed by atoms with E-state index in [2.05, 4.69) is 17.5 Å². The van der Waals surface area contributed by atoms with Gasteiger partial charge in [0.2, 0.25) is 0 Å². The Labute approximate surface area is 75.2 Å². The van der Waals surface area contributed by atoms with Crippen molar-refractivity contribution in [3.63, 3.8) is 0 Å². The van der Waals surface area contributed by atoms with Gasteiger partial charge in [-0.1, -0.05) is 12.2 Å². The molecule has 1 atom stereocenters. The summed E-state index contributed by atoms with van der Waals surface area (Å²) in [5, 5.41) is 3.44. The number of nitrogens with one attached hydrogen (secondary N) is 1. The molecule has 12 heavy (non-hydrogen) atoms. The van der Waals surface area contributed by atoms with Gasteiger partial charge in [-0.2, -0.15) is 0 Å². The molecule has 70 valence electrons. The van der Waals surface area contributed by atoms with Crippen LogP contribution in [0.4, 0.5) is 0 Å². The molecular formula is C10H20N2. The second-order valence-electron chi connectivity index (χ2n) is 3.50. The van der Waals surface area contributed by atoms with E-state index >= 15 is 0 Å². The minimum Gasteiger partial charge on any atom is -0.330 e. The largest absolute Gasteiger partial charge is 0.330 e. The van der Waals surface area contributed by atoms with Crippen molar-refractivity contribution in [3.8, 4) is 0 Å². The number of allylic oxidation sites excluding steroid dienone is 2. The first-order valence-electron chi connectivity index (χ1n) is 4.99. The monoisotopic (exact) mass is 168 g/mol. The maximum absolute atomic E-state index is 5.40. The first-order valence-corrected chi connectivity index (χ1v) is 4.99. The number of rotatable bonds is 5. The predicted octanol–water partition coefficient (Wildman–Crippen LogP) is 1.28. The highest BCUT2D eigenvalue weighted by Crippen LogP contribution is 2.16. The quantitative estimate of drug-likeness (QED) is 0.479. The van der Waals surface area contributed by atoms with Gasteiger partial charge in [-0.3, -0.25) is 0 Å². The summed E-state index contributed by atoms with van der Waals surface area (Å²) in [6.45, 7) is 3.05. The zero-order valence-corrected chi connectivity index (χ0v) is 7.76. The fraction of sp³-hybridized carbons (Fsp3) is 0.800. The molecule has 0 aromatic carbocycles. The van der Waals surface area contributed by atoms with Crippen molar-refractivity contribution in [3.05, 3.63) is 12.2 Å². The Morgan fingerprint density at radius 1 is 1.42 bits per heavy atom. The standard InChI is InChI=1S/C10H20N2/c11-7-4-8-12-9-10-5-2-1-3-6-10/h1-2,10,12H,3-9,11H2/t10-/m1/s1. The zero-order valence-electron chi connectivity index (χ0n) is 7.76. The Balaban J connectivity index is 1.95. The predicted molar refractivity (Wildman–Crippen MR) is 53.0 cm³/mol. The Hall–Kier alpha value is -0.340. The average molecular weight is 168 g/mol. The second kappa shape index (κ2) is 6.21. The summed E-state index contributed by atoms with van der Waals surface area (Å²) in [6.07, 6.45) is 9.57. The van der Waals surface area contributed by atoms with Crippen molar-refractivity contribution in [1.82, 2.24) is 5.32 Å². The molecule has 1 rings (SSSR count). The van der Waals surface area contributed by atoms with E-state index in [-0.39, 0.29) is 0 Å². The van der Waals surface area contributed by atoms with Crippen LogP contribution in [0.3, 0.4) is 0 Å². The van der Waals surface area contributed by atoms with E-state index in [0.717, 1.165) is 25.4 Å². The van der Waals surface area contributed by atoms with E-state index in [1.807, 2.05) is 0 Å². The molecule has 0 amide bonds. The summed E-state index contributed by atoms with van der Waals surface area (Å²) in [5.74, 6) is 0.868. The highest BCUT2D eigenvalue weighted by atomic mass is 14.9. The Morgan fingerprint density at radius 3 is 3.00 bits per heavy atom. The van der Waals surface area contributed by atoms with Crippen LogP contribution in [0, 0.1) is 5.92 Å². The van der Waals surface area contributed by atoms with Gasteiger partial charge < -0.3 is 11.1 Å². The van der Waals surface area contributed by atoms with Crippen LogP contribution >= 0.6 is 0 Å².